The van der Waals surface area contributed by atoms with Crippen LogP contribution in [-0.4, -0.2) is 5.78 Å². The number of hydrogen-bond acceptors (Lipinski definition) is 1. The molecule has 0 heterocycles. The molecule has 2 aromatic carbocycles. The summed E-state index contributed by atoms with van der Waals surface area (Å²) in [5.74, 6) is -0.526. The van der Waals surface area contributed by atoms with Gasteiger partial charge in [-0.2, -0.15) is 0 Å². The molecule has 2 aromatic rings. The van der Waals surface area contributed by atoms with Crippen LogP contribution in [0.1, 0.15) is 47.5 Å². The van der Waals surface area contributed by atoms with E-state index in [1.165, 1.54) is 24.3 Å². The number of carbonyl (C=O) groups is 1. The molecule has 0 amide bonds. The maximum Gasteiger partial charge on any atom is 0.166 e. The molecule has 1 aliphatic rings. The molecule has 0 saturated heterocycles. The van der Waals surface area contributed by atoms with Crippen LogP contribution >= 0.6 is 0 Å². The first-order valence-corrected chi connectivity index (χ1v) is 7.70. The second-order valence-electron chi connectivity index (χ2n) is 5.92. The van der Waals surface area contributed by atoms with Crippen LogP contribution in [-0.2, 0) is 0 Å². The van der Waals surface area contributed by atoms with E-state index in [0.29, 0.717) is 5.56 Å². The van der Waals surface area contributed by atoms with Crippen LogP contribution in [0.4, 0.5) is 8.78 Å². The highest BCUT2D eigenvalue weighted by Crippen LogP contribution is 2.39. The Morgan fingerprint density at radius 3 is 2.00 bits per heavy atom. The van der Waals surface area contributed by atoms with Gasteiger partial charge in [0.05, 0.1) is 0 Å². The Balaban J connectivity index is 1.87. The van der Waals surface area contributed by atoms with Crippen molar-refractivity contribution in [3.63, 3.8) is 0 Å². The highest BCUT2D eigenvalue weighted by Gasteiger charge is 2.32. The van der Waals surface area contributed by atoms with Gasteiger partial charge in [-0.15, -0.1) is 0 Å². The highest BCUT2D eigenvalue weighted by molar-refractivity contribution is 5.98. The minimum Gasteiger partial charge on any atom is -0.294 e. The van der Waals surface area contributed by atoms with Crippen LogP contribution in [0.5, 0.6) is 0 Å². The lowest BCUT2D eigenvalue weighted by atomic mass is 9.72. The van der Waals surface area contributed by atoms with Crippen LogP contribution in [0.15, 0.2) is 48.5 Å². The van der Waals surface area contributed by atoms with E-state index in [1.807, 2.05) is 0 Å². The maximum absolute atomic E-state index is 13.1. The van der Waals surface area contributed by atoms with E-state index in [2.05, 4.69) is 0 Å². The Kier molecular flexibility index (Phi) is 4.32. The zero-order valence-electron chi connectivity index (χ0n) is 12.3. The molecule has 0 bridgehead atoms. The molecule has 0 radical (unpaired) electrons. The largest absolute Gasteiger partial charge is 0.294 e. The molecule has 0 aromatic heterocycles. The third-order valence-electron chi connectivity index (χ3n) is 4.53. The molecule has 3 rings (SSSR count). The number of Topliss-reactive ketones (excluding diaryl/α,β-unsaturated/α-hetero) is 1. The summed E-state index contributed by atoms with van der Waals surface area (Å²) in [6, 6.07) is 12.2. The normalized spacial score (nSPS) is 21.5. The van der Waals surface area contributed by atoms with E-state index in [4.69, 9.17) is 0 Å². The summed E-state index contributed by atoms with van der Waals surface area (Å²) < 4.78 is 26.1. The van der Waals surface area contributed by atoms with Crippen LogP contribution < -0.4 is 0 Å². The first kappa shape index (κ1) is 14.9. The zero-order valence-corrected chi connectivity index (χ0v) is 12.3. The summed E-state index contributed by atoms with van der Waals surface area (Å²) in [4.78, 5) is 12.8. The minimum atomic E-state index is -0.338. The molecule has 0 N–H and O–H groups in total. The van der Waals surface area contributed by atoms with Crippen molar-refractivity contribution in [2.24, 2.45) is 5.92 Å². The monoisotopic (exact) mass is 300 g/mol. The molecule has 1 fully saturated rings. The van der Waals surface area contributed by atoms with Crippen LogP contribution in [0.3, 0.4) is 0 Å². The number of benzene rings is 2. The third-order valence-corrected chi connectivity index (χ3v) is 4.53. The van der Waals surface area contributed by atoms with E-state index >= 15 is 0 Å². The molecule has 114 valence electrons. The molecule has 22 heavy (non-hydrogen) atoms. The standard InChI is InChI=1S/C19H18F2O/c20-15-9-5-13(6-10-15)17-3-1-2-4-18(17)19(22)14-7-11-16(21)12-8-14/h5-12,17-18H,1-4H2. The van der Waals surface area contributed by atoms with Crippen molar-refractivity contribution < 1.29 is 13.6 Å². The highest BCUT2D eigenvalue weighted by atomic mass is 19.1. The average molecular weight is 300 g/mol. The Hall–Kier alpha value is -2.03. The molecule has 1 aliphatic carbocycles. The molecule has 2 atom stereocenters. The quantitative estimate of drug-likeness (QED) is 0.719. The van der Waals surface area contributed by atoms with Gasteiger partial charge in [0.25, 0.3) is 0 Å². The number of hydrogen-bond donors (Lipinski definition) is 0. The molecule has 2 unspecified atom stereocenters. The van der Waals surface area contributed by atoms with Gasteiger partial charge in [0.2, 0.25) is 0 Å². The maximum atomic E-state index is 13.1. The number of carbonyl (C=O) groups excluding carboxylic acids is 1. The lowest BCUT2D eigenvalue weighted by Gasteiger charge is -2.31. The smallest absolute Gasteiger partial charge is 0.166 e. The Morgan fingerprint density at radius 2 is 1.36 bits per heavy atom. The van der Waals surface area contributed by atoms with Gasteiger partial charge in [-0.05, 0) is 60.7 Å². The fourth-order valence-corrected chi connectivity index (χ4v) is 3.38. The third kappa shape index (κ3) is 3.08. The Morgan fingerprint density at radius 1 is 0.818 bits per heavy atom. The molecule has 1 nitrogen and oxygen atoms in total. The van der Waals surface area contributed by atoms with Crippen molar-refractivity contribution in [2.45, 2.75) is 31.6 Å². The predicted octanol–water partition coefficient (Wildman–Crippen LogP) is 5.12. The Bertz CT molecular complexity index is 646. The molecule has 3 heteroatoms. The van der Waals surface area contributed by atoms with Gasteiger partial charge in [0.1, 0.15) is 11.6 Å². The fraction of sp³-hybridized carbons (Fsp3) is 0.316. The average Bonchev–Trinajstić information content (AvgIpc) is 2.56. The summed E-state index contributed by atoms with van der Waals surface area (Å²) >= 11 is 0. The van der Waals surface area contributed by atoms with Crippen molar-refractivity contribution >= 4 is 5.78 Å². The van der Waals surface area contributed by atoms with Crippen LogP contribution in [0, 0.1) is 17.6 Å². The van der Waals surface area contributed by atoms with Gasteiger partial charge < -0.3 is 0 Å². The van der Waals surface area contributed by atoms with Crippen molar-refractivity contribution in [3.05, 3.63) is 71.3 Å². The van der Waals surface area contributed by atoms with E-state index in [-0.39, 0.29) is 29.3 Å². The molecule has 0 aliphatic heterocycles. The first-order valence-electron chi connectivity index (χ1n) is 7.70. The summed E-state index contributed by atoms with van der Waals surface area (Å²) in [7, 11) is 0. The van der Waals surface area contributed by atoms with Crippen LogP contribution in [0.25, 0.3) is 0 Å². The molecular weight excluding hydrogens is 282 g/mol. The molecule has 0 spiro atoms. The van der Waals surface area contributed by atoms with Gasteiger partial charge in [-0.3, -0.25) is 4.79 Å². The van der Waals surface area contributed by atoms with E-state index < -0.39 is 0 Å². The van der Waals surface area contributed by atoms with Crippen molar-refractivity contribution in [3.8, 4) is 0 Å². The van der Waals surface area contributed by atoms with Gasteiger partial charge in [0, 0.05) is 11.5 Å². The Labute approximate surface area is 129 Å². The lowest BCUT2D eigenvalue weighted by molar-refractivity contribution is 0.0868. The zero-order chi connectivity index (χ0) is 15.5. The van der Waals surface area contributed by atoms with E-state index in [9.17, 15) is 13.6 Å². The SMILES string of the molecule is O=C(c1ccc(F)cc1)C1CCCCC1c1ccc(F)cc1. The fourth-order valence-electron chi connectivity index (χ4n) is 3.38. The summed E-state index contributed by atoms with van der Waals surface area (Å²) in [6.45, 7) is 0. The second-order valence-corrected chi connectivity index (χ2v) is 5.92. The van der Waals surface area contributed by atoms with Crippen molar-refractivity contribution in [2.75, 3.05) is 0 Å². The van der Waals surface area contributed by atoms with Gasteiger partial charge in [-0.1, -0.05) is 25.0 Å². The summed E-state index contributed by atoms with van der Waals surface area (Å²) in [5.41, 5.74) is 1.57. The van der Waals surface area contributed by atoms with E-state index in [0.717, 1.165) is 31.2 Å². The van der Waals surface area contributed by atoms with Gasteiger partial charge >= 0.3 is 0 Å². The van der Waals surface area contributed by atoms with Gasteiger partial charge in [0.15, 0.2) is 5.78 Å². The first-order chi connectivity index (χ1) is 10.6. The van der Waals surface area contributed by atoms with Gasteiger partial charge in [-0.25, -0.2) is 8.78 Å². The topological polar surface area (TPSA) is 17.1 Å². The number of ketones is 1. The minimum absolute atomic E-state index is 0.0639. The predicted molar refractivity (Wildman–Crippen MR) is 81.8 cm³/mol. The second kappa shape index (κ2) is 6.39. The van der Waals surface area contributed by atoms with Crippen molar-refractivity contribution in [1.29, 1.82) is 0 Å². The summed E-state index contributed by atoms with van der Waals surface area (Å²) in [5, 5.41) is 0. The van der Waals surface area contributed by atoms with Crippen molar-refractivity contribution in [1.82, 2.24) is 0 Å². The van der Waals surface area contributed by atoms with E-state index in [1.54, 1.807) is 24.3 Å². The number of rotatable bonds is 3. The molecule has 1 saturated carbocycles. The molecular formula is C19H18F2O. The van der Waals surface area contributed by atoms with Crippen LogP contribution in [0.2, 0.25) is 0 Å². The summed E-state index contributed by atoms with van der Waals surface area (Å²) in [6.07, 6.45) is 3.87. The number of halogens is 2. The lowest BCUT2D eigenvalue weighted by Crippen LogP contribution is -2.26.